The van der Waals surface area contributed by atoms with Crippen LogP contribution in [0, 0.1) is 20.8 Å². The van der Waals surface area contributed by atoms with Crippen LogP contribution in [0.15, 0.2) is 45.8 Å². The van der Waals surface area contributed by atoms with E-state index in [1.54, 1.807) is 11.4 Å². The summed E-state index contributed by atoms with van der Waals surface area (Å²) in [6.07, 6.45) is 1.29. The molecule has 0 saturated carbocycles. The van der Waals surface area contributed by atoms with E-state index in [4.69, 9.17) is 9.26 Å². The fraction of sp³-hybridized carbons (Fsp3) is 0.391. The number of ether oxygens (including phenoxy) is 1. The summed E-state index contributed by atoms with van der Waals surface area (Å²) in [5.74, 6) is 1.90. The molecule has 0 unspecified atom stereocenters. The first-order chi connectivity index (χ1) is 14.8. The Morgan fingerprint density at radius 2 is 1.65 bits per heavy atom. The molecule has 164 valence electrons. The number of hydrogen-bond acceptors (Lipinski definition) is 6. The molecule has 0 radical (unpaired) electrons. The molecule has 1 aliphatic heterocycles. The van der Waals surface area contributed by atoms with Gasteiger partial charge in [0.1, 0.15) is 5.75 Å². The zero-order valence-corrected chi connectivity index (χ0v) is 19.1. The third kappa shape index (κ3) is 4.22. The van der Waals surface area contributed by atoms with Crippen LogP contribution in [-0.4, -0.2) is 43.1 Å². The Morgan fingerprint density at radius 3 is 2.23 bits per heavy atom. The number of nitrogens with zero attached hydrogens (tertiary/aromatic N) is 3. The van der Waals surface area contributed by atoms with Crippen LogP contribution in [0.2, 0.25) is 0 Å². The second kappa shape index (κ2) is 8.43. The number of aromatic nitrogens is 2. The largest absolute Gasteiger partial charge is 0.497 e. The van der Waals surface area contributed by atoms with Crippen LogP contribution < -0.4 is 4.74 Å². The van der Waals surface area contributed by atoms with E-state index < -0.39 is 10.0 Å². The number of methoxy groups -OCH3 is 1. The number of rotatable bonds is 5. The lowest BCUT2D eigenvalue weighted by Crippen LogP contribution is -2.38. The summed E-state index contributed by atoms with van der Waals surface area (Å²) in [4.78, 5) is 4.98. The number of sulfonamides is 1. The van der Waals surface area contributed by atoms with Gasteiger partial charge in [0, 0.05) is 24.6 Å². The molecular weight excluding hydrogens is 414 g/mol. The second-order valence-electron chi connectivity index (χ2n) is 8.09. The van der Waals surface area contributed by atoms with Gasteiger partial charge in [-0.15, -0.1) is 0 Å². The number of piperidine rings is 1. The van der Waals surface area contributed by atoms with Gasteiger partial charge in [-0.1, -0.05) is 22.9 Å². The summed E-state index contributed by atoms with van der Waals surface area (Å²) in [5, 5.41) is 4.11. The molecule has 0 spiro atoms. The molecule has 0 N–H and O–H groups in total. The van der Waals surface area contributed by atoms with Gasteiger partial charge in [-0.05, 0) is 69.0 Å². The van der Waals surface area contributed by atoms with E-state index in [9.17, 15) is 8.42 Å². The van der Waals surface area contributed by atoms with Crippen LogP contribution in [0.1, 0.15) is 41.3 Å². The van der Waals surface area contributed by atoms with Gasteiger partial charge < -0.3 is 9.26 Å². The normalized spacial score (nSPS) is 15.9. The van der Waals surface area contributed by atoms with Crippen LogP contribution >= 0.6 is 0 Å². The van der Waals surface area contributed by atoms with E-state index >= 15 is 0 Å². The highest BCUT2D eigenvalue weighted by atomic mass is 32.2. The van der Waals surface area contributed by atoms with Crippen LogP contribution in [-0.2, 0) is 10.0 Å². The van der Waals surface area contributed by atoms with Crippen molar-refractivity contribution in [2.24, 2.45) is 0 Å². The van der Waals surface area contributed by atoms with Crippen molar-refractivity contribution >= 4 is 10.0 Å². The zero-order chi connectivity index (χ0) is 22.2. The van der Waals surface area contributed by atoms with Crippen molar-refractivity contribution in [3.63, 3.8) is 0 Å². The van der Waals surface area contributed by atoms with Gasteiger partial charge in [0.25, 0.3) is 0 Å². The smallest absolute Gasteiger partial charge is 0.243 e. The number of aryl methyl sites for hydroxylation is 3. The average Bonchev–Trinajstić information content (AvgIpc) is 3.23. The standard InChI is InChI=1S/C23H27N3O4S/c1-15-13-16(2)21(17(3)14-15)31(27,28)26-11-9-19(10-12-26)23-24-22(25-30-23)18-5-7-20(29-4)8-6-18/h5-8,13-14,19H,9-12H2,1-4H3. The minimum Gasteiger partial charge on any atom is -0.497 e. The average molecular weight is 442 g/mol. The van der Waals surface area contributed by atoms with Crippen molar-refractivity contribution in [3.05, 3.63) is 59.0 Å². The van der Waals surface area contributed by atoms with Crippen molar-refractivity contribution in [1.29, 1.82) is 0 Å². The van der Waals surface area contributed by atoms with E-state index in [1.165, 1.54) is 0 Å². The summed E-state index contributed by atoms with van der Waals surface area (Å²) in [6.45, 7) is 6.56. The zero-order valence-electron chi connectivity index (χ0n) is 18.3. The minimum atomic E-state index is -3.54. The van der Waals surface area contributed by atoms with Gasteiger partial charge in [0.05, 0.1) is 12.0 Å². The molecule has 1 fully saturated rings. The SMILES string of the molecule is COc1ccc(-c2noc(C3CCN(S(=O)(=O)c4c(C)cc(C)cc4C)CC3)n2)cc1. The number of hydrogen-bond donors (Lipinski definition) is 0. The van der Waals surface area contributed by atoms with Gasteiger partial charge >= 0.3 is 0 Å². The second-order valence-corrected chi connectivity index (χ2v) is 9.97. The summed E-state index contributed by atoms with van der Waals surface area (Å²) >= 11 is 0. The maximum absolute atomic E-state index is 13.3. The van der Waals surface area contributed by atoms with Crippen molar-refractivity contribution < 1.29 is 17.7 Å². The summed E-state index contributed by atoms with van der Waals surface area (Å²) in [6, 6.07) is 11.3. The molecule has 3 aromatic rings. The third-order valence-electron chi connectivity index (χ3n) is 5.80. The van der Waals surface area contributed by atoms with Crippen molar-refractivity contribution in [2.75, 3.05) is 20.2 Å². The van der Waals surface area contributed by atoms with Crippen molar-refractivity contribution in [3.8, 4) is 17.1 Å². The lowest BCUT2D eigenvalue weighted by molar-refractivity contribution is 0.270. The van der Waals surface area contributed by atoms with E-state index in [0.717, 1.165) is 28.0 Å². The van der Waals surface area contributed by atoms with E-state index in [0.29, 0.717) is 42.5 Å². The minimum absolute atomic E-state index is 0.0474. The first-order valence-corrected chi connectivity index (χ1v) is 11.8. The Labute approximate surface area is 183 Å². The maximum atomic E-state index is 13.3. The Balaban J connectivity index is 1.47. The summed E-state index contributed by atoms with van der Waals surface area (Å²) < 4.78 is 38.8. The first kappa shape index (κ1) is 21.5. The molecule has 1 aromatic heterocycles. The van der Waals surface area contributed by atoms with Gasteiger partial charge in [-0.25, -0.2) is 8.42 Å². The van der Waals surface area contributed by atoms with E-state index in [1.807, 2.05) is 57.2 Å². The Hall–Kier alpha value is -2.71. The van der Waals surface area contributed by atoms with Crippen LogP contribution in [0.25, 0.3) is 11.4 Å². The quantitative estimate of drug-likeness (QED) is 0.589. The fourth-order valence-corrected chi connectivity index (χ4v) is 6.19. The molecule has 2 heterocycles. The Bertz CT molecular complexity index is 1150. The molecule has 2 aromatic carbocycles. The van der Waals surface area contributed by atoms with Gasteiger partial charge in [0.15, 0.2) is 0 Å². The Morgan fingerprint density at radius 1 is 1.03 bits per heavy atom. The van der Waals surface area contributed by atoms with E-state index in [2.05, 4.69) is 10.1 Å². The molecule has 1 saturated heterocycles. The molecule has 4 rings (SSSR count). The van der Waals surface area contributed by atoms with Crippen LogP contribution in [0.5, 0.6) is 5.75 Å². The molecule has 1 aliphatic rings. The maximum Gasteiger partial charge on any atom is 0.243 e. The predicted octanol–water partition coefficient (Wildman–Crippen LogP) is 4.24. The molecule has 7 nitrogen and oxygen atoms in total. The lowest BCUT2D eigenvalue weighted by Gasteiger charge is -2.30. The highest BCUT2D eigenvalue weighted by molar-refractivity contribution is 7.89. The monoisotopic (exact) mass is 441 g/mol. The highest BCUT2D eigenvalue weighted by Gasteiger charge is 2.33. The van der Waals surface area contributed by atoms with Crippen molar-refractivity contribution in [1.82, 2.24) is 14.4 Å². The summed E-state index contributed by atoms with van der Waals surface area (Å²) in [5.41, 5.74) is 3.50. The van der Waals surface area contributed by atoms with E-state index in [-0.39, 0.29) is 5.92 Å². The van der Waals surface area contributed by atoms with Crippen LogP contribution in [0.4, 0.5) is 0 Å². The number of benzene rings is 2. The lowest BCUT2D eigenvalue weighted by atomic mass is 9.98. The molecule has 31 heavy (non-hydrogen) atoms. The molecule has 0 aliphatic carbocycles. The molecule has 0 bridgehead atoms. The predicted molar refractivity (Wildman–Crippen MR) is 118 cm³/mol. The van der Waals surface area contributed by atoms with Gasteiger partial charge in [-0.3, -0.25) is 0 Å². The third-order valence-corrected chi connectivity index (χ3v) is 8.00. The van der Waals surface area contributed by atoms with Crippen LogP contribution in [0.3, 0.4) is 0 Å². The van der Waals surface area contributed by atoms with Gasteiger partial charge in [-0.2, -0.15) is 9.29 Å². The molecular formula is C23H27N3O4S. The molecule has 0 atom stereocenters. The van der Waals surface area contributed by atoms with Crippen molar-refractivity contribution in [2.45, 2.75) is 44.4 Å². The first-order valence-electron chi connectivity index (χ1n) is 10.4. The molecule has 0 amide bonds. The Kier molecular flexibility index (Phi) is 5.85. The molecule has 8 heteroatoms. The fourth-order valence-electron chi connectivity index (χ4n) is 4.30. The summed E-state index contributed by atoms with van der Waals surface area (Å²) in [7, 11) is -1.91. The highest BCUT2D eigenvalue weighted by Crippen LogP contribution is 2.33. The topological polar surface area (TPSA) is 85.5 Å². The van der Waals surface area contributed by atoms with Gasteiger partial charge in [0.2, 0.25) is 21.7 Å².